The number of benzene rings is 1. The van der Waals surface area contributed by atoms with Gasteiger partial charge >= 0.3 is 0 Å². The zero-order valence-corrected chi connectivity index (χ0v) is 13.3. The molecule has 1 aromatic rings. The number of methoxy groups -OCH3 is 2. The molecule has 0 saturated heterocycles. The number of halogens is 1. The SMILES string of the molecule is COCCN(c1ccc(N)cc1I)C(C)COC. The number of nitrogens with two attached hydrogens (primary N) is 1. The van der Waals surface area contributed by atoms with Gasteiger partial charge in [0, 0.05) is 36.1 Å². The highest BCUT2D eigenvalue weighted by Crippen LogP contribution is 2.26. The van der Waals surface area contributed by atoms with Crippen molar-refractivity contribution in [3.8, 4) is 0 Å². The maximum Gasteiger partial charge on any atom is 0.0663 e. The zero-order chi connectivity index (χ0) is 13.5. The molecule has 1 rings (SSSR count). The summed E-state index contributed by atoms with van der Waals surface area (Å²) < 4.78 is 11.6. The Kier molecular flexibility index (Phi) is 6.73. The Morgan fingerprint density at radius 1 is 1.33 bits per heavy atom. The number of nitrogens with zero attached hydrogens (tertiary/aromatic N) is 1. The summed E-state index contributed by atoms with van der Waals surface area (Å²) in [5, 5.41) is 0. The highest BCUT2D eigenvalue weighted by Gasteiger charge is 2.16. The highest BCUT2D eigenvalue weighted by molar-refractivity contribution is 14.1. The third-order valence-corrected chi connectivity index (χ3v) is 3.62. The summed E-state index contributed by atoms with van der Waals surface area (Å²) in [7, 11) is 3.44. The first-order valence-corrected chi connectivity index (χ1v) is 6.97. The van der Waals surface area contributed by atoms with Crippen molar-refractivity contribution in [2.45, 2.75) is 13.0 Å². The second-order valence-electron chi connectivity index (χ2n) is 4.20. The Hall–Kier alpha value is -0.530. The van der Waals surface area contributed by atoms with Crippen molar-refractivity contribution in [2.24, 2.45) is 0 Å². The third kappa shape index (κ3) is 4.29. The van der Waals surface area contributed by atoms with Crippen LogP contribution in [0, 0.1) is 3.57 Å². The topological polar surface area (TPSA) is 47.7 Å². The summed E-state index contributed by atoms with van der Waals surface area (Å²) in [6, 6.07) is 6.26. The number of anilines is 2. The maximum atomic E-state index is 5.79. The fourth-order valence-corrected chi connectivity index (χ4v) is 2.70. The zero-order valence-electron chi connectivity index (χ0n) is 11.1. The fourth-order valence-electron chi connectivity index (χ4n) is 1.86. The monoisotopic (exact) mass is 364 g/mol. The Morgan fingerprint density at radius 2 is 2.06 bits per heavy atom. The number of nitrogen functional groups attached to an aromatic ring is 1. The van der Waals surface area contributed by atoms with E-state index in [1.807, 2.05) is 12.1 Å². The molecular formula is C13H21IN2O2. The van der Waals surface area contributed by atoms with E-state index in [0.29, 0.717) is 19.3 Å². The van der Waals surface area contributed by atoms with Crippen LogP contribution < -0.4 is 10.6 Å². The average Bonchev–Trinajstić information content (AvgIpc) is 2.32. The fraction of sp³-hybridized carbons (Fsp3) is 0.538. The minimum absolute atomic E-state index is 0.294. The standard InChI is InChI=1S/C13H21IN2O2/c1-10(9-18-3)16(6-7-17-2)13-5-4-11(15)8-12(13)14/h4-5,8,10H,6-7,9,15H2,1-3H3. The first-order chi connectivity index (χ1) is 8.60. The molecule has 0 aliphatic heterocycles. The van der Waals surface area contributed by atoms with Crippen LogP contribution in [0.4, 0.5) is 11.4 Å². The summed E-state index contributed by atoms with van der Waals surface area (Å²) in [6.07, 6.45) is 0. The lowest BCUT2D eigenvalue weighted by Crippen LogP contribution is -2.39. The van der Waals surface area contributed by atoms with E-state index < -0.39 is 0 Å². The van der Waals surface area contributed by atoms with Gasteiger partial charge in [-0.15, -0.1) is 0 Å². The van der Waals surface area contributed by atoms with Crippen molar-refractivity contribution >= 4 is 34.0 Å². The smallest absolute Gasteiger partial charge is 0.0663 e. The molecule has 0 aliphatic rings. The molecule has 2 N–H and O–H groups in total. The van der Waals surface area contributed by atoms with Gasteiger partial charge in [-0.3, -0.25) is 0 Å². The molecule has 18 heavy (non-hydrogen) atoms. The van der Waals surface area contributed by atoms with E-state index in [2.05, 4.69) is 40.5 Å². The molecule has 0 radical (unpaired) electrons. The summed E-state index contributed by atoms with van der Waals surface area (Å²) in [6.45, 7) is 4.35. The van der Waals surface area contributed by atoms with Crippen LogP contribution in [0.5, 0.6) is 0 Å². The molecule has 0 saturated carbocycles. The number of rotatable bonds is 7. The lowest BCUT2D eigenvalue weighted by atomic mass is 10.2. The van der Waals surface area contributed by atoms with Crippen LogP contribution in [0.1, 0.15) is 6.92 Å². The second-order valence-corrected chi connectivity index (χ2v) is 5.36. The van der Waals surface area contributed by atoms with E-state index in [4.69, 9.17) is 15.2 Å². The predicted molar refractivity (Wildman–Crippen MR) is 84.1 cm³/mol. The van der Waals surface area contributed by atoms with Gasteiger partial charge in [0.1, 0.15) is 0 Å². The van der Waals surface area contributed by atoms with Crippen molar-refractivity contribution in [3.63, 3.8) is 0 Å². The summed E-state index contributed by atoms with van der Waals surface area (Å²) >= 11 is 2.31. The van der Waals surface area contributed by atoms with E-state index >= 15 is 0 Å². The highest BCUT2D eigenvalue weighted by atomic mass is 127. The van der Waals surface area contributed by atoms with Gasteiger partial charge in [0.15, 0.2) is 0 Å². The van der Waals surface area contributed by atoms with E-state index in [1.165, 1.54) is 5.69 Å². The molecule has 4 nitrogen and oxygen atoms in total. The molecule has 1 atom stereocenters. The van der Waals surface area contributed by atoms with Gasteiger partial charge in [-0.05, 0) is 47.7 Å². The molecule has 0 amide bonds. The van der Waals surface area contributed by atoms with E-state index in [9.17, 15) is 0 Å². The van der Waals surface area contributed by atoms with Gasteiger partial charge in [0.2, 0.25) is 0 Å². The molecule has 0 aliphatic carbocycles. The Bertz CT molecular complexity index is 374. The number of hydrogen-bond acceptors (Lipinski definition) is 4. The summed E-state index contributed by atoms with van der Waals surface area (Å²) in [4.78, 5) is 2.29. The van der Waals surface area contributed by atoms with Crippen molar-refractivity contribution in [3.05, 3.63) is 21.8 Å². The van der Waals surface area contributed by atoms with Crippen LogP contribution in [0.3, 0.4) is 0 Å². The quantitative estimate of drug-likeness (QED) is 0.596. The van der Waals surface area contributed by atoms with Gasteiger partial charge in [-0.1, -0.05) is 0 Å². The Morgan fingerprint density at radius 3 is 2.61 bits per heavy atom. The molecule has 0 heterocycles. The average molecular weight is 364 g/mol. The van der Waals surface area contributed by atoms with Crippen molar-refractivity contribution < 1.29 is 9.47 Å². The van der Waals surface area contributed by atoms with Crippen LogP contribution in [0.25, 0.3) is 0 Å². The van der Waals surface area contributed by atoms with Crippen LogP contribution >= 0.6 is 22.6 Å². The minimum atomic E-state index is 0.294. The van der Waals surface area contributed by atoms with Gasteiger partial charge in [0.05, 0.1) is 18.9 Å². The predicted octanol–water partition coefficient (Wildman–Crippen LogP) is 2.36. The molecule has 0 aromatic heterocycles. The minimum Gasteiger partial charge on any atom is -0.399 e. The van der Waals surface area contributed by atoms with Crippen LogP contribution in [0.15, 0.2) is 18.2 Å². The van der Waals surface area contributed by atoms with Gasteiger partial charge < -0.3 is 20.1 Å². The van der Waals surface area contributed by atoms with E-state index in [-0.39, 0.29) is 0 Å². The lowest BCUT2D eigenvalue weighted by molar-refractivity contribution is 0.171. The molecule has 1 unspecified atom stereocenters. The van der Waals surface area contributed by atoms with Gasteiger partial charge in [-0.2, -0.15) is 0 Å². The number of ether oxygens (including phenoxy) is 2. The van der Waals surface area contributed by atoms with Crippen LogP contribution in [0.2, 0.25) is 0 Å². The largest absolute Gasteiger partial charge is 0.399 e. The molecule has 5 heteroatoms. The molecule has 1 aromatic carbocycles. The van der Waals surface area contributed by atoms with E-state index in [1.54, 1.807) is 14.2 Å². The summed E-state index contributed by atoms with van der Waals surface area (Å²) in [5.41, 5.74) is 7.75. The summed E-state index contributed by atoms with van der Waals surface area (Å²) in [5.74, 6) is 0. The molecule has 0 fully saturated rings. The molecule has 0 spiro atoms. The molecule has 0 bridgehead atoms. The van der Waals surface area contributed by atoms with Crippen LogP contribution in [-0.4, -0.2) is 40.0 Å². The molecular weight excluding hydrogens is 343 g/mol. The number of hydrogen-bond donors (Lipinski definition) is 1. The van der Waals surface area contributed by atoms with Crippen molar-refractivity contribution in [2.75, 3.05) is 44.6 Å². The third-order valence-electron chi connectivity index (χ3n) is 2.76. The Labute approximate surface area is 123 Å². The second kappa shape index (κ2) is 7.81. The molecule has 102 valence electrons. The van der Waals surface area contributed by atoms with Gasteiger partial charge in [0.25, 0.3) is 0 Å². The first kappa shape index (κ1) is 15.5. The lowest BCUT2D eigenvalue weighted by Gasteiger charge is -2.31. The van der Waals surface area contributed by atoms with Gasteiger partial charge in [-0.25, -0.2) is 0 Å². The first-order valence-electron chi connectivity index (χ1n) is 5.89. The maximum absolute atomic E-state index is 5.79. The normalized spacial score (nSPS) is 12.4. The van der Waals surface area contributed by atoms with E-state index in [0.717, 1.165) is 15.8 Å². The van der Waals surface area contributed by atoms with Crippen molar-refractivity contribution in [1.29, 1.82) is 0 Å². The van der Waals surface area contributed by atoms with Crippen LogP contribution in [-0.2, 0) is 9.47 Å². The Balaban J connectivity index is 2.93. The van der Waals surface area contributed by atoms with Crippen molar-refractivity contribution in [1.82, 2.24) is 0 Å².